The van der Waals surface area contributed by atoms with Gasteiger partial charge in [-0.25, -0.2) is 14.2 Å². The number of nitrogens with zero attached hydrogens (tertiary/aromatic N) is 3. The molecule has 0 saturated carbocycles. The van der Waals surface area contributed by atoms with Crippen LogP contribution in [-0.4, -0.2) is 60.1 Å². The van der Waals surface area contributed by atoms with Crippen molar-refractivity contribution in [3.8, 4) is 16.9 Å². The number of amides is 2. The van der Waals surface area contributed by atoms with E-state index in [9.17, 15) is 9.18 Å². The molecule has 0 spiro atoms. The Labute approximate surface area is 168 Å². The molecule has 4 rings (SSSR count). The summed E-state index contributed by atoms with van der Waals surface area (Å²) in [5.41, 5.74) is 4.17. The van der Waals surface area contributed by atoms with Gasteiger partial charge in [0, 0.05) is 50.0 Å². The first-order chi connectivity index (χ1) is 14.0. The van der Waals surface area contributed by atoms with Gasteiger partial charge in [-0.1, -0.05) is 6.08 Å². The van der Waals surface area contributed by atoms with E-state index in [1.807, 2.05) is 17.0 Å². The van der Waals surface area contributed by atoms with Crippen molar-refractivity contribution in [2.75, 3.05) is 34.3 Å². The highest BCUT2D eigenvalue weighted by atomic mass is 19.1. The highest BCUT2D eigenvalue weighted by molar-refractivity contribution is 5.97. The maximum atomic E-state index is 13.9. The van der Waals surface area contributed by atoms with E-state index in [-0.39, 0.29) is 11.8 Å². The van der Waals surface area contributed by atoms with E-state index >= 15 is 0 Å². The van der Waals surface area contributed by atoms with E-state index < -0.39 is 0 Å². The van der Waals surface area contributed by atoms with Crippen LogP contribution in [0.3, 0.4) is 0 Å². The summed E-state index contributed by atoms with van der Waals surface area (Å²) in [6.07, 6.45) is 4.63. The van der Waals surface area contributed by atoms with E-state index in [0.29, 0.717) is 30.0 Å². The van der Waals surface area contributed by atoms with Crippen molar-refractivity contribution in [1.29, 1.82) is 0 Å². The van der Waals surface area contributed by atoms with E-state index in [1.165, 1.54) is 12.1 Å². The Morgan fingerprint density at radius 2 is 2.07 bits per heavy atom. The molecule has 0 saturated heterocycles. The molecule has 1 aliphatic rings. The lowest BCUT2D eigenvalue weighted by atomic mass is 10.0. The lowest BCUT2D eigenvalue weighted by molar-refractivity contribution is 0.176. The molecule has 0 fully saturated rings. The van der Waals surface area contributed by atoms with Crippen LogP contribution in [-0.2, 0) is 0 Å². The van der Waals surface area contributed by atoms with Gasteiger partial charge in [-0.15, -0.1) is 0 Å². The smallest absolute Gasteiger partial charge is 0.319 e. The van der Waals surface area contributed by atoms with Gasteiger partial charge in [-0.3, -0.25) is 0 Å². The van der Waals surface area contributed by atoms with E-state index in [2.05, 4.69) is 16.0 Å². The van der Waals surface area contributed by atoms with Gasteiger partial charge in [0.05, 0.1) is 7.11 Å². The zero-order valence-corrected chi connectivity index (χ0v) is 16.7. The minimum atomic E-state index is -0.325. The molecule has 2 aromatic heterocycles. The number of hydrogen-bond acceptors (Lipinski definition) is 3. The minimum Gasteiger partial charge on any atom is -0.496 e. The molecular formula is C22H23FN4O2. The first-order valence-corrected chi connectivity index (χ1v) is 9.45. The molecule has 3 aromatic rings. The number of carbonyl (C=O) groups excluding carboxylic acids is 1. The third kappa shape index (κ3) is 3.55. The van der Waals surface area contributed by atoms with Crippen LogP contribution < -0.4 is 4.74 Å². The molecule has 150 valence electrons. The quantitative estimate of drug-likeness (QED) is 0.726. The van der Waals surface area contributed by atoms with Crippen molar-refractivity contribution in [3.63, 3.8) is 0 Å². The summed E-state index contributed by atoms with van der Waals surface area (Å²) in [4.78, 5) is 23.5. The van der Waals surface area contributed by atoms with Crippen LogP contribution >= 0.6 is 0 Å². The standard InChI is InChI=1S/C22H23FN4O2/c1-26(2)22(28)27-10-4-5-14(13-27)19-12-18-16(8-9-24-21(18)25-19)17-11-15(23)6-7-20(17)29-3/h5-9,11-12H,4,10,13H2,1-3H3,(H,24,25). The molecule has 0 unspecified atom stereocenters. The molecule has 1 N–H and O–H groups in total. The molecule has 1 aromatic carbocycles. The number of methoxy groups -OCH3 is 1. The SMILES string of the molecule is COc1ccc(F)cc1-c1ccnc2[nH]c(C3=CCCN(C(=O)N(C)C)C3)cc12. The third-order valence-corrected chi connectivity index (χ3v) is 5.13. The number of nitrogens with one attached hydrogen (secondary N) is 1. The van der Waals surface area contributed by atoms with Crippen LogP contribution in [0.1, 0.15) is 12.1 Å². The number of hydrogen-bond donors (Lipinski definition) is 1. The molecule has 0 aliphatic carbocycles. The van der Waals surface area contributed by atoms with Gasteiger partial charge in [-0.2, -0.15) is 0 Å². The Bertz CT molecular complexity index is 1100. The molecule has 29 heavy (non-hydrogen) atoms. The third-order valence-electron chi connectivity index (χ3n) is 5.13. The fourth-order valence-electron chi connectivity index (χ4n) is 3.71. The van der Waals surface area contributed by atoms with Gasteiger partial charge in [0.1, 0.15) is 17.2 Å². The summed E-state index contributed by atoms with van der Waals surface area (Å²) in [6.45, 7) is 1.23. The zero-order valence-electron chi connectivity index (χ0n) is 16.7. The summed E-state index contributed by atoms with van der Waals surface area (Å²) in [7, 11) is 5.08. The summed E-state index contributed by atoms with van der Waals surface area (Å²) in [6, 6.07) is 8.34. The Hall–Kier alpha value is -3.35. The highest BCUT2D eigenvalue weighted by Crippen LogP contribution is 2.36. The fraction of sp³-hybridized carbons (Fsp3) is 0.273. The number of ether oxygens (including phenoxy) is 1. The number of halogens is 1. The predicted octanol–water partition coefficient (Wildman–Crippen LogP) is 4.15. The number of rotatable bonds is 3. The second-order valence-corrected chi connectivity index (χ2v) is 7.27. The molecule has 2 amide bonds. The lowest BCUT2D eigenvalue weighted by Crippen LogP contribution is -2.41. The second kappa shape index (κ2) is 7.58. The number of aromatic amines is 1. The van der Waals surface area contributed by atoms with Crippen LogP contribution in [0.15, 0.2) is 42.6 Å². The van der Waals surface area contributed by atoms with Crippen molar-refractivity contribution in [3.05, 3.63) is 54.1 Å². The first-order valence-electron chi connectivity index (χ1n) is 9.45. The molecule has 3 heterocycles. The van der Waals surface area contributed by atoms with E-state index in [4.69, 9.17) is 4.74 Å². The van der Waals surface area contributed by atoms with Crippen LogP contribution in [0, 0.1) is 5.82 Å². The van der Waals surface area contributed by atoms with E-state index in [1.54, 1.807) is 38.4 Å². The zero-order chi connectivity index (χ0) is 20.5. The first kappa shape index (κ1) is 19.0. The molecule has 0 radical (unpaired) electrons. The number of benzene rings is 1. The number of H-pyrrole nitrogens is 1. The molecule has 0 bridgehead atoms. The maximum absolute atomic E-state index is 13.9. The average Bonchev–Trinajstić information content (AvgIpc) is 3.17. The number of fused-ring (bicyclic) bond motifs is 1. The van der Waals surface area contributed by atoms with Gasteiger partial charge in [-0.05, 0) is 47.9 Å². The average molecular weight is 394 g/mol. The highest BCUT2D eigenvalue weighted by Gasteiger charge is 2.22. The molecule has 7 heteroatoms. The summed E-state index contributed by atoms with van der Waals surface area (Å²) in [5.74, 6) is 0.274. The minimum absolute atomic E-state index is 0.00461. The van der Waals surface area contributed by atoms with Gasteiger partial charge < -0.3 is 19.5 Å². The number of pyridine rings is 1. The largest absolute Gasteiger partial charge is 0.496 e. The topological polar surface area (TPSA) is 61.5 Å². The van der Waals surface area contributed by atoms with Crippen molar-refractivity contribution in [2.45, 2.75) is 6.42 Å². The van der Waals surface area contributed by atoms with E-state index in [0.717, 1.165) is 28.6 Å². The molecule has 0 atom stereocenters. The van der Waals surface area contributed by atoms with Gasteiger partial charge >= 0.3 is 6.03 Å². The Kier molecular flexibility index (Phi) is 4.96. The Morgan fingerprint density at radius 3 is 2.83 bits per heavy atom. The van der Waals surface area contributed by atoms with Crippen molar-refractivity contribution >= 4 is 22.6 Å². The summed E-state index contributed by atoms with van der Waals surface area (Å²) in [5, 5.41) is 0.878. The van der Waals surface area contributed by atoms with Crippen molar-refractivity contribution < 1.29 is 13.9 Å². The van der Waals surface area contributed by atoms with Crippen LogP contribution in [0.4, 0.5) is 9.18 Å². The fourth-order valence-corrected chi connectivity index (χ4v) is 3.71. The predicted molar refractivity (Wildman–Crippen MR) is 111 cm³/mol. The molecular weight excluding hydrogens is 371 g/mol. The summed E-state index contributed by atoms with van der Waals surface area (Å²) >= 11 is 0. The van der Waals surface area contributed by atoms with Gasteiger partial charge in [0.2, 0.25) is 0 Å². The molecule has 6 nitrogen and oxygen atoms in total. The number of aromatic nitrogens is 2. The Morgan fingerprint density at radius 1 is 1.24 bits per heavy atom. The van der Waals surface area contributed by atoms with Crippen molar-refractivity contribution in [2.24, 2.45) is 0 Å². The number of urea groups is 1. The van der Waals surface area contributed by atoms with Crippen LogP contribution in [0.5, 0.6) is 5.75 Å². The lowest BCUT2D eigenvalue weighted by Gasteiger charge is -2.29. The normalized spacial score (nSPS) is 14.1. The maximum Gasteiger partial charge on any atom is 0.319 e. The monoisotopic (exact) mass is 394 g/mol. The van der Waals surface area contributed by atoms with Crippen LogP contribution in [0.2, 0.25) is 0 Å². The van der Waals surface area contributed by atoms with Crippen molar-refractivity contribution in [1.82, 2.24) is 19.8 Å². The second-order valence-electron chi connectivity index (χ2n) is 7.27. The van der Waals surface area contributed by atoms with Gasteiger partial charge in [0.25, 0.3) is 0 Å². The summed E-state index contributed by atoms with van der Waals surface area (Å²) < 4.78 is 19.4. The Balaban J connectivity index is 1.75. The molecule has 1 aliphatic heterocycles. The number of carbonyl (C=O) groups is 1. The van der Waals surface area contributed by atoms with Gasteiger partial charge in [0.15, 0.2) is 0 Å². The van der Waals surface area contributed by atoms with Crippen LogP contribution in [0.25, 0.3) is 27.7 Å².